The maximum absolute atomic E-state index is 12.1. The average Bonchev–Trinajstić information content (AvgIpc) is 2.96. The third kappa shape index (κ3) is 4.32. The number of benzene rings is 1. The van der Waals surface area contributed by atoms with Crippen LogP contribution in [-0.2, 0) is 0 Å². The minimum Gasteiger partial charge on any atom is -0.497 e. The van der Waals surface area contributed by atoms with Crippen LogP contribution in [0.4, 0.5) is 0 Å². The van der Waals surface area contributed by atoms with Crippen LogP contribution < -0.4 is 10.1 Å². The summed E-state index contributed by atoms with van der Waals surface area (Å²) < 4.78 is 10.7. The fraction of sp³-hybridized carbons (Fsp3) is 0.412. The van der Waals surface area contributed by atoms with Crippen LogP contribution in [-0.4, -0.2) is 35.8 Å². The van der Waals surface area contributed by atoms with Crippen molar-refractivity contribution in [2.75, 3.05) is 13.7 Å². The molecule has 124 valence electrons. The van der Waals surface area contributed by atoms with E-state index in [1.54, 1.807) is 26.2 Å². The van der Waals surface area contributed by atoms with Crippen LogP contribution in [0, 0.1) is 6.92 Å². The number of nitrogens with zero attached hydrogens (tertiary/aromatic N) is 1. The van der Waals surface area contributed by atoms with Gasteiger partial charge in [0.05, 0.1) is 13.2 Å². The predicted molar refractivity (Wildman–Crippen MR) is 86.5 cm³/mol. The number of nitrogens with one attached hydrogen (secondary N) is 1. The Morgan fingerprint density at radius 2 is 2.09 bits per heavy atom. The average molecular weight is 318 g/mol. The van der Waals surface area contributed by atoms with E-state index in [4.69, 9.17) is 9.15 Å². The van der Waals surface area contributed by atoms with Gasteiger partial charge in [-0.2, -0.15) is 0 Å². The summed E-state index contributed by atoms with van der Waals surface area (Å²) in [6.07, 6.45) is 0.786. The minimum atomic E-state index is -0.399. The van der Waals surface area contributed by atoms with E-state index in [0.717, 1.165) is 11.3 Å². The number of ether oxygens (including phenoxy) is 1. The minimum absolute atomic E-state index is 0.266. The number of hydrogen-bond acceptors (Lipinski definition) is 5. The van der Waals surface area contributed by atoms with Crippen LogP contribution in [0.3, 0.4) is 0 Å². The molecule has 23 heavy (non-hydrogen) atoms. The van der Waals surface area contributed by atoms with E-state index in [2.05, 4.69) is 10.3 Å². The number of amides is 1. The Bertz CT molecular complexity index is 649. The molecule has 1 atom stereocenters. The first-order valence-corrected chi connectivity index (χ1v) is 7.63. The van der Waals surface area contributed by atoms with E-state index in [-0.39, 0.29) is 11.6 Å². The molecule has 1 amide bonds. The molecule has 0 aliphatic rings. The van der Waals surface area contributed by atoms with Crippen molar-refractivity contribution in [3.05, 3.63) is 35.7 Å². The number of aryl methyl sites for hydroxylation is 1. The highest BCUT2D eigenvalue weighted by atomic mass is 16.5. The van der Waals surface area contributed by atoms with Crippen molar-refractivity contribution in [3.63, 3.8) is 0 Å². The van der Waals surface area contributed by atoms with E-state index in [0.29, 0.717) is 31.0 Å². The molecular weight excluding hydrogens is 296 g/mol. The van der Waals surface area contributed by atoms with Gasteiger partial charge >= 0.3 is 0 Å². The van der Waals surface area contributed by atoms with E-state index < -0.39 is 6.10 Å². The number of hydrogen-bond donors (Lipinski definition) is 2. The van der Waals surface area contributed by atoms with E-state index >= 15 is 0 Å². The van der Waals surface area contributed by atoms with E-state index in [1.165, 1.54) is 0 Å². The Morgan fingerprint density at radius 1 is 1.39 bits per heavy atom. The highest BCUT2D eigenvalue weighted by Crippen LogP contribution is 2.23. The van der Waals surface area contributed by atoms with E-state index in [1.807, 2.05) is 19.1 Å². The summed E-state index contributed by atoms with van der Waals surface area (Å²) in [6, 6.07) is 7.26. The monoisotopic (exact) mass is 318 g/mol. The van der Waals surface area contributed by atoms with Gasteiger partial charge in [-0.05, 0) is 44.0 Å². The van der Waals surface area contributed by atoms with Gasteiger partial charge in [0.25, 0.3) is 5.91 Å². The number of rotatable bonds is 7. The van der Waals surface area contributed by atoms with Crippen molar-refractivity contribution < 1.29 is 19.1 Å². The molecule has 0 bridgehead atoms. The lowest BCUT2D eigenvalue weighted by molar-refractivity contribution is 0.0936. The van der Waals surface area contributed by atoms with Crippen molar-refractivity contribution >= 4 is 5.91 Å². The molecular formula is C17H22N2O4. The van der Waals surface area contributed by atoms with Crippen molar-refractivity contribution in [2.24, 2.45) is 0 Å². The molecule has 2 rings (SSSR count). The maximum Gasteiger partial charge on any atom is 0.273 e. The Labute approximate surface area is 135 Å². The van der Waals surface area contributed by atoms with Gasteiger partial charge in [0.1, 0.15) is 11.5 Å². The van der Waals surface area contributed by atoms with Crippen LogP contribution >= 0.6 is 0 Å². The zero-order valence-electron chi connectivity index (χ0n) is 13.6. The largest absolute Gasteiger partial charge is 0.497 e. The molecule has 0 radical (unpaired) electrons. The fourth-order valence-electron chi connectivity index (χ4n) is 2.10. The zero-order valence-corrected chi connectivity index (χ0v) is 13.6. The molecule has 6 heteroatoms. The summed E-state index contributed by atoms with van der Waals surface area (Å²) in [5.74, 6) is 1.30. The molecule has 1 heterocycles. The molecule has 6 nitrogen and oxygen atoms in total. The standard InChI is InChI=1S/C17H22N2O4/c1-4-13(20)9-10-18-16(21)15-11(2)23-17(19-15)12-5-7-14(22-3)8-6-12/h5-8,13,20H,4,9-10H2,1-3H3,(H,18,21). The van der Waals surface area contributed by atoms with Crippen molar-refractivity contribution in [1.82, 2.24) is 10.3 Å². The summed E-state index contributed by atoms with van der Waals surface area (Å²) in [7, 11) is 1.60. The van der Waals surface area contributed by atoms with Crippen LogP contribution in [0.2, 0.25) is 0 Å². The van der Waals surface area contributed by atoms with Crippen LogP contribution in [0.5, 0.6) is 5.75 Å². The molecule has 1 aromatic heterocycles. The van der Waals surface area contributed by atoms with Gasteiger partial charge in [0.15, 0.2) is 5.69 Å². The third-order valence-electron chi connectivity index (χ3n) is 3.58. The van der Waals surface area contributed by atoms with Gasteiger partial charge in [-0.1, -0.05) is 6.92 Å². The Balaban J connectivity index is 2.06. The number of aliphatic hydroxyl groups excluding tert-OH is 1. The van der Waals surface area contributed by atoms with Gasteiger partial charge < -0.3 is 19.6 Å². The molecule has 1 aromatic carbocycles. The van der Waals surface area contributed by atoms with Crippen LogP contribution in [0.25, 0.3) is 11.5 Å². The molecule has 2 aromatic rings. The Kier molecular flexibility index (Phi) is 5.76. The van der Waals surface area contributed by atoms with E-state index in [9.17, 15) is 9.90 Å². The van der Waals surface area contributed by atoms with Crippen molar-refractivity contribution in [3.8, 4) is 17.2 Å². The maximum atomic E-state index is 12.1. The number of carbonyl (C=O) groups is 1. The fourth-order valence-corrected chi connectivity index (χ4v) is 2.10. The second-order valence-electron chi connectivity index (χ2n) is 5.26. The van der Waals surface area contributed by atoms with Gasteiger partial charge in [0.2, 0.25) is 5.89 Å². The molecule has 1 unspecified atom stereocenters. The Hall–Kier alpha value is -2.34. The number of aliphatic hydroxyl groups is 1. The summed E-state index contributed by atoms with van der Waals surface area (Å²) >= 11 is 0. The van der Waals surface area contributed by atoms with Crippen LogP contribution in [0.1, 0.15) is 36.0 Å². The van der Waals surface area contributed by atoms with Crippen molar-refractivity contribution in [2.45, 2.75) is 32.8 Å². The quantitative estimate of drug-likeness (QED) is 0.819. The summed E-state index contributed by atoms with van der Waals surface area (Å²) in [5, 5.41) is 12.2. The third-order valence-corrected chi connectivity index (χ3v) is 3.58. The Morgan fingerprint density at radius 3 is 2.70 bits per heavy atom. The van der Waals surface area contributed by atoms with Crippen LogP contribution in [0.15, 0.2) is 28.7 Å². The molecule has 2 N–H and O–H groups in total. The molecule has 0 spiro atoms. The first-order valence-electron chi connectivity index (χ1n) is 7.63. The molecule has 0 saturated heterocycles. The molecule has 0 aliphatic heterocycles. The predicted octanol–water partition coefficient (Wildman–Crippen LogP) is 2.55. The topological polar surface area (TPSA) is 84.6 Å². The number of aromatic nitrogens is 1. The first-order chi connectivity index (χ1) is 11.0. The lowest BCUT2D eigenvalue weighted by atomic mass is 10.2. The molecule has 0 fully saturated rings. The molecule has 0 aliphatic carbocycles. The van der Waals surface area contributed by atoms with Gasteiger partial charge in [0, 0.05) is 12.1 Å². The van der Waals surface area contributed by atoms with Gasteiger partial charge in [-0.3, -0.25) is 4.79 Å². The molecule has 0 saturated carbocycles. The number of carbonyl (C=O) groups excluding carboxylic acids is 1. The second kappa shape index (κ2) is 7.78. The van der Waals surface area contributed by atoms with Gasteiger partial charge in [-0.25, -0.2) is 4.98 Å². The first kappa shape index (κ1) is 17.0. The normalized spacial score (nSPS) is 12.0. The smallest absolute Gasteiger partial charge is 0.273 e. The second-order valence-corrected chi connectivity index (χ2v) is 5.26. The van der Waals surface area contributed by atoms with Crippen molar-refractivity contribution in [1.29, 1.82) is 0 Å². The summed E-state index contributed by atoms with van der Waals surface area (Å²) in [5.41, 5.74) is 1.04. The lowest BCUT2D eigenvalue weighted by Gasteiger charge is -2.07. The van der Waals surface area contributed by atoms with Gasteiger partial charge in [-0.15, -0.1) is 0 Å². The summed E-state index contributed by atoms with van der Waals surface area (Å²) in [4.78, 5) is 16.4. The summed E-state index contributed by atoms with van der Waals surface area (Å²) in [6.45, 7) is 4.00. The lowest BCUT2D eigenvalue weighted by Crippen LogP contribution is -2.27. The highest BCUT2D eigenvalue weighted by molar-refractivity contribution is 5.93. The number of oxazole rings is 1. The number of methoxy groups -OCH3 is 1. The zero-order chi connectivity index (χ0) is 16.8. The highest BCUT2D eigenvalue weighted by Gasteiger charge is 2.18. The SMILES string of the molecule is CCC(O)CCNC(=O)c1nc(-c2ccc(OC)cc2)oc1C.